The summed E-state index contributed by atoms with van der Waals surface area (Å²) in [5, 5.41) is 17.6. The average molecular weight is 429 g/mol. The predicted octanol–water partition coefficient (Wildman–Crippen LogP) is 4.16. The Labute approximate surface area is 188 Å². The molecule has 7 heteroatoms. The number of nitriles is 1. The molecule has 1 aromatic carbocycles. The Hall–Kier alpha value is -3.40. The monoisotopic (exact) mass is 428 g/mol. The van der Waals surface area contributed by atoms with Gasteiger partial charge in [0.25, 0.3) is 5.91 Å². The van der Waals surface area contributed by atoms with E-state index in [1.54, 1.807) is 6.20 Å². The molecule has 5 rings (SSSR count). The van der Waals surface area contributed by atoms with Gasteiger partial charge in [-0.05, 0) is 69.9 Å². The number of benzene rings is 1. The Bertz CT molecular complexity index is 1180. The standard InChI is InChI=1S/C25H28N6O/c1-16(2)31-24-22(15-27-31)21(13-23(29-24)18-5-6-18)25(32)28-19-9-11-30(12-10-19)20-7-3-17(14-26)4-8-20/h3-4,7-8,13,15-16,18-19H,5-6,9-12H2,1-2H3,(H,28,32). The second kappa shape index (κ2) is 8.27. The van der Waals surface area contributed by atoms with Crippen molar-refractivity contribution in [1.82, 2.24) is 20.1 Å². The lowest BCUT2D eigenvalue weighted by molar-refractivity contribution is 0.0932. The maximum absolute atomic E-state index is 13.3. The highest BCUT2D eigenvalue weighted by Crippen LogP contribution is 2.40. The number of fused-ring (bicyclic) bond motifs is 1. The molecule has 2 aromatic heterocycles. The summed E-state index contributed by atoms with van der Waals surface area (Å²) < 4.78 is 1.91. The fourth-order valence-corrected chi connectivity index (χ4v) is 4.48. The molecule has 3 heterocycles. The first-order chi connectivity index (χ1) is 15.5. The van der Waals surface area contributed by atoms with Gasteiger partial charge in [-0.25, -0.2) is 9.67 Å². The summed E-state index contributed by atoms with van der Waals surface area (Å²) in [7, 11) is 0. The van der Waals surface area contributed by atoms with Crippen molar-refractivity contribution in [1.29, 1.82) is 5.26 Å². The van der Waals surface area contributed by atoms with Crippen LogP contribution in [0.2, 0.25) is 0 Å². The van der Waals surface area contributed by atoms with Crippen LogP contribution in [0.1, 0.15) is 73.1 Å². The number of aromatic nitrogens is 3. The number of carbonyl (C=O) groups is 1. The summed E-state index contributed by atoms with van der Waals surface area (Å²) in [6.07, 6.45) is 5.84. The fourth-order valence-electron chi connectivity index (χ4n) is 4.48. The van der Waals surface area contributed by atoms with Crippen LogP contribution in [0.3, 0.4) is 0 Å². The summed E-state index contributed by atoms with van der Waals surface area (Å²) in [5.74, 6) is 0.441. The number of rotatable bonds is 5. The molecule has 1 aliphatic heterocycles. The van der Waals surface area contributed by atoms with Crippen LogP contribution in [0.25, 0.3) is 11.0 Å². The molecule has 3 aromatic rings. The largest absolute Gasteiger partial charge is 0.371 e. The summed E-state index contributed by atoms with van der Waals surface area (Å²) in [5.41, 5.74) is 4.31. The zero-order chi connectivity index (χ0) is 22.2. The Morgan fingerprint density at radius 2 is 1.88 bits per heavy atom. The van der Waals surface area contributed by atoms with E-state index in [9.17, 15) is 4.79 Å². The van der Waals surface area contributed by atoms with Gasteiger partial charge in [-0.15, -0.1) is 0 Å². The number of pyridine rings is 1. The molecule has 0 unspecified atom stereocenters. The van der Waals surface area contributed by atoms with Gasteiger partial charge in [0.2, 0.25) is 0 Å². The SMILES string of the molecule is CC(C)n1ncc2c(C(=O)NC3CCN(c4ccc(C#N)cc4)CC3)cc(C3CC3)nc21. The summed E-state index contributed by atoms with van der Waals surface area (Å²) in [6, 6.07) is 12.2. The van der Waals surface area contributed by atoms with Crippen LogP contribution < -0.4 is 10.2 Å². The number of carbonyl (C=O) groups excluding carboxylic acids is 1. The Balaban J connectivity index is 1.30. The maximum Gasteiger partial charge on any atom is 0.252 e. The molecule has 164 valence electrons. The molecule has 2 fully saturated rings. The van der Waals surface area contributed by atoms with Gasteiger partial charge in [0, 0.05) is 42.5 Å². The van der Waals surface area contributed by atoms with E-state index in [2.05, 4.69) is 35.2 Å². The molecule has 0 radical (unpaired) electrons. The first kappa shape index (κ1) is 20.5. The van der Waals surface area contributed by atoms with Crippen LogP contribution in [-0.2, 0) is 0 Å². The van der Waals surface area contributed by atoms with Gasteiger partial charge in [0.15, 0.2) is 5.65 Å². The van der Waals surface area contributed by atoms with E-state index in [4.69, 9.17) is 10.2 Å². The number of anilines is 1. The van der Waals surface area contributed by atoms with Gasteiger partial charge in [0.05, 0.1) is 28.8 Å². The van der Waals surface area contributed by atoms with Crippen LogP contribution in [0, 0.1) is 11.3 Å². The van der Waals surface area contributed by atoms with Crippen LogP contribution in [0.5, 0.6) is 0 Å². The zero-order valence-corrected chi connectivity index (χ0v) is 18.6. The second-order valence-electron chi connectivity index (χ2n) is 9.18. The minimum Gasteiger partial charge on any atom is -0.371 e. The zero-order valence-electron chi connectivity index (χ0n) is 18.6. The highest BCUT2D eigenvalue weighted by atomic mass is 16.1. The van der Waals surface area contributed by atoms with Gasteiger partial charge >= 0.3 is 0 Å². The topological polar surface area (TPSA) is 86.8 Å². The van der Waals surface area contributed by atoms with Crippen molar-refractivity contribution >= 4 is 22.6 Å². The number of hydrogen-bond donors (Lipinski definition) is 1. The predicted molar refractivity (Wildman–Crippen MR) is 124 cm³/mol. The van der Waals surface area contributed by atoms with Gasteiger partial charge in [0.1, 0.15) is 0 Å². The van der Waals surface area contributed by atoms with Gasteiger partial charge < -0.3 is 10.2 Å². The molecule has 0 spiro atoms. The lowest BCUT2D eigenvalue weighted by Crippen LogP contribution is -2.44. The van der Waals surface area contributed by atoms with E-state index in [1.807, 2.05) is 35.0 Å². The number of amides is 1. The van der Waals surface area contributed by atoms with Crippen molar-refractivity contribution in [2.45, 2.75) is 57.5 Å². The summed E-state index contributed by atoms with van der Waals surface area (Å²) in [4.78, 5) is 20.5. The average Bonchev–Trinajstić information content (AvgIpc) is 3.57. The smallest absolute Gasteiger partial charge is 0.252 e. The Morgan fingerprint density at radius 3 is 2.50 bits per heavy atom. The number of nitrogens with zero attached hydrogens (tertiary/aromatic N) is 5. The van der Waals surface area contributed by atoms with Crippen molar-refractivity contribution in [3.05, 3.63) is 53.3 Å². The highest BCUT2D eigenvalue weighted by molar-refractivity contribution is 6.05. The van der Waals surface area contributed by atoms with Crippen molar-refractivity contribution in [3.8, 4) is 6.07 Å². The number of piperidine rings is 1. The molecule has 2 aliphatic rings. The molecule has 0 atom stereocenters. The van der Waals surface area contributed by atoms with Crippen molar-refractivity contribution in [2.75, 3.05) is 18.0 Å². The van der Waals surface area contributed by atoms with Crippen molar-refractivity contribution in [3.63, 3.8) is 0 Å². The molecule has 7 nitrogen and oxygen atoms in total. The third kappa shape index (κ3) is 3.93. The van der Waals surface area contributed by atoms with E-state index < -0.39 is 0 Å². The van der Waals surface area contributed by atoms with E-state index in [1.165, 1.54) is 0 Å². The molecule has 0 bridgehead atoms. The first-order valence-electron chi connectivity index (χ1n) is 11.5. The molecule has 1 aliphatic carbocycles. The molecule has 1 saturated carbocycles. The molecular weight excluding hydrogens is 400 g/mol. The number of hydrogen-bond acceptors (Lipinski definition) is 5. The van der Waals surface area contributed by atoms with E-state index in [0.29, 0.717) is 17.0 Å². The fraction of sp³-hybridized carbons (Fsp3) is 0.440. The Kier molecular flexibility index (Phi) is 5.30. The van der Waals surface area contributed by atoms with Crippen LogP contribution >= 0.6 is 0 Å². The van der Waals surface area contributed by atoms with E-state index >= 15 is 0 Å². The van der Waals surface area contributed by atoms with Crippen LogP contribution in [-0.4, -0.2) is 39.8 Å². The van der Waals surface area contributed by atoms with Crippen LogP contribution in [0.4, 0.5) is 5.69 Å². The van der Waals surface area contributed by atoms with E-state index in [0.717, 1.165) is 61.2 Å². The van der Waals surface area contributed by atoms with Crippen molar-refractivity contribution in [2.24, 2.45) is 0 Å². The van der Waals surface area contributed by atoms with Crippen LogP contribution in [0.15, 0.2) is 36.5 Å². The third-order valence-electron chi connectivity index (χ3n) is 6.51. The number of nitrogens with one attached hydrogen (secondary N) is 1. The highest BCUT2D eigenvalue weighted by Gasteiger charge is 2.29. The maximum atomic E-state index is 13.3. The lowest BCUT2D eigenvalue weighted by Gasteiger charge is -2.34. The van der Waals surface area contributed by atoms with Gasteiger partial charge in [-0.3, -0.25) is 4.79 Å². The minimum absolute atomic E-state index is 0.0283. The quantitative estimate of drug-likeness (QED) is 0.659. The molecule has 32 heavy (non-hydrogen) atoms. The normalized spacial score (nSPS) is 17.0. The Morgan fingerprint density at radius 1 is 1.16 bits per heavy atom. The molecule has 1 saturated heterocycles. The summed E-state index contributed by atoms with van der Waals surface area (Å²) in [6.45, 7) is 5.92. The minimum atomic E-state index is -0.0283. The van der Waals surface area contributed by atoms with E-state index in [-0.39, 0.29) is 18.0 Å². The molecule has 1 amide bonds. The first-order valence-corrected chi connectivity index (χ1v) is 11.5. The van der Waals surface area contributed by atoms with Crippen molar-refractivity contribution < 1.29 is 4.79 Å². The molecular formula is C25H28N6O. The third-order valence-corrected chi connectivity index (χ3v) is 6.51. The lowest BCUT2D eigenvalue weighted by atomic mass is 10.0. The van der Waals surface area contributed by atoms with Gasteiger partial charge in [-0.1, -0.05) is 0 Å². The second-order valence-corrected chi connectivity index (χ2v) is 9.18. The summed E-state index contributed by atoms with van der Waals surface area (Å²) >= 11 is 0. The van der Waals surface area contributed by atoms with Gasteiger partial charge in [-0.2, -0.15) is 10.4 Å². The molecule has 1 N–H and O–H groups in total.